The number of carbonyl (C=O) groups is 1. The lowest BCUT2D eigenvalue weighted by Crippen LogP contribution is -2.31. The molecule has 18 heavy (non-hydrogen) atoms. The first-order valence-corrected chi connectivity index (χ1v) is 6.32. The van der Waals surface area contributed by atoms with Crippen LogP contribution in [0.1, 0.15) is 12.0 Å². The summed E-state index contributed by atoms with van der Waals surface area (Å²) >= 11 is 5.86. The van der Waals surface area contributed by atoms with E-state index in [0.717, 1.165) is 13.0 Å². The molecule has 0 spiro atoms. The highest BCUT2D eigenvalue weighted by Crippen LogP contribution is 2.19. The van der Waals surface area contributed by atoms with Crippen molar-refractivity contribution in [3.8, 4) is 0 Å². The molecular formula is C13H15ClFNO2. The molecule has 0 aliphatic carbocycles. The Kier molecular flexibility index (Phi) is 4.55. The van der Waals surface area contributed by atoms with Crippen LogP contribution in [0.4, 0.5) is 4.39 Å². The van der Waals surface area contributed by atoms with Gasteiger partial charge in [-0.25, -0.2) is 4.39 Å². The van der Waals surface area contributed by atoms with Crippen molar-refractivity contribution in [1.29, 1.82) is 0 Å². The minimum absolute atomic E-state index is 0.0287. The normalized spacial score (nSPS) is 18.9. The second kappa shape index (κ2) is 6.16. The van der Waals surface area contributed by atoms with E-state index in [0.29, 0.717) is 19.1 Å². The molecule has 1 heterocycles. The van der Waals surface area contributed by atoms with E-state index < -0.39 is 5.82 Å². The summed E-state index contributed by atoms with van der Waals surface area (Å²) in [6, 6.07) is 4.41. The highest BCUT2D eigenvalue weighted by Gasteiger charge is 2.17. The number of ether oxygens (including phenoxy) is 1. The molecule has 1 aromatic carbocycles. The Morgan fingerprint density at radius 3 is 3.06 bits per heavy atom. The maximum atomic E-state index is 13.5. The van der Waals surface area contributed by atoms with Crippen LogP contribution in [0.25, 0.3) is 0 Å². The number of nitrogens with one attached hydrogen (secondary N) is 1. The molecule has 1 aromatic rings. The van der Waals surface area contributed by atoms with E-state index >= 15 is 0 Å². The van der Waals surface area contributed by atoms with Crippen LogP contribution in [0.15, 0.2) is 18.2 Å². The number of benzene rings is 1. The fourth-order valence-corrected chi connectivity index (χ4v) is 2.16. The first-order chi connectivity index (χ1) is 8.66. The Balaban J connectivity index is 1.86. The zero-order valence-electron chi connectivity index (χ0n) is 9.92. The van der Waals surface area contributed by atoms with Gasteiger partial charge in [-0.3, -0.25) is 4.79 Å². The fraction of sp³-hybridized carbons (Fsp3) is 0.462. The molecule has 1 aliphatic rings. The quantitative estimate of drug-likeness (QED) is 0.912. The third kappa shape index (κ3) is 3.43. The third-order valence-corrected chi connectivity index (χ3v) is 3.37. The van der Waals surface area contributed by atoms with Gasteiger partial charge in [0.1, 0.15) is 5.82 Å². The SMILES string of the molecule is O=C(Cc1c(F)cccc1Cl)NC[C@@H]1CCOC1. The number of amides is 1. The zero-order valence-corrected chi connectivity index (χ0v) is 10.7. The summed E-state index contributed by atoms with van der Waals surface area (Å²) in [5, 5.41) is 3.07. The Labute approximate surface area is 110 Å². The molecule has 98 valence electrons. The second-order valence-corrected chi connectivity index (χ2v) is 4.82. The number of rotatable bonds is 4. The van der Waals surface area contributed by atoms with Crippen LogP contribution in [0.3, 0.4) is 0 Å². The Morgan fingerprint density at radius 1 is 1.56 bits per heavy atom. The lowest BCUT2D eigenvalue weighted by Gasteiger charge is -2.10. The van der Waals surface area contributed by atoms with Gasteiger partial charge in [-0.05, 0) is 18.6 Å². The molecule has 1 fully saturated rings. The van der Waals surface area contributed by atoms with E-state index in [1.54, 1.807) is 6.07 Å². The Morgan fingerprint density at radius 2 is 2.39 bits per heavy atom. The second-order valence-electron chi connectivity index (χ2n) is 4.41. The van der Waals surface area contributed by atoms with E-state index in [-0.39, 0.29) is 22.9 Å². The minimum atomic E-state index is -0.443. The van der Waals surface area contributed by atoms with Gasteiger partial charge in [-0.2, -0.15) is 0 Å². The molecule has 1 amide bonds. The van der Waals surface area contributed by atoms with Crippen molar-refractivity contribution in [1.82, 2.24) is 5.32 Å². The minimum Gasteiger partial charge on any atom is -0.381 e. The van der Waals surface area contributed by atoms with Crippen LogP contribution in [0.2, 0.25) is 5.02 Å². The van der Waals surface area contributed by atoms with Gasteiger partial charge < -0.3 is 10.1 Å². The molecular weight excluding hydrogens is 257 g/mol. The van der Waals surface area contributed by atoms with Gasteiger partial charge in [-0.15, -0.1) is 0 Å². The van der Waals surface area contributed by atoms with Gasteiger partial charge in [0, 0.05) is 29.7 Å². The highest BCUT2D eigenvalue weighted by molar-refractivity contribution is 6.31. The van der Waals surface area contributed by atoms with Crippen LogP contribution in [-0.4, -0.2) is 25.7 Å². The lowest BCUT2D eigenvalue weighted by atomic mass is 10.1. The molecule has 3 nitrogen and oxygen atoms in total. The molecule has 1 atom stereocenters. The molecule has 1 N–H and O–H groups in total. The average Bonchev–Trinajstić information content (AvgIpc) is 2.84. The van der Waals surface area contributed by atoms with Crippen LogP contribution in [0.5, 0.6) is 0 Å². The largest absolute Gasteiger partial charge is 0.381 e. The van der Waals surface area contributed by atoms with E-state index in [9.17, 15) is 9.18 Å². The summed E-state index contributed by atoms with van der Waals surface area (Å²) in [5.41, 5.74) is 0.249. The van der Waals surface area contributed by atoms with Gasteiger partial charge in [0.05, 0.1) is 13.0 Å². The van der Waals surface area contributed by atoms with Gasteiger partial charge >= 0.3 is 0 Å². The molecule has 0 radical (unpaired) electrons. The van der Waals surface area contributed by atoms with E-state index in [2.05, 4.69) is 5.32 Å². The standard InChI is InChI=1S/C13H15ClFNO2/c14-11-2-1-3-12(15)10(11)6-13(17)16-7-9-4-5-18-8-9/h1-3,9H,4-8H2,(H,16,17)/t9-/m0/s1. The molecule has 1 aliphatic heterocycles. The predicted octanol–water partition coefficient (Wildman–Crippen LogP) is 2.17. The van der Waals surface area contributed by atoms with Crippen molar-refractivity contribution in [3.05, 3.63) is 34.6 Å². The van der Waals surface area contributed by atoms with Crippen molar-refractivity contribution in [2.24, 2.45) is 5.92 Å². The van der Waals surface area contributed by atoms with Crippen LogP contribution >= 0.6 is 11.6 Å². The van der Waals surface area contributed by atoms with Crippen molar-refractivity contribution in [2.75, 3.05) is 19.8 Å². The number of carbonyl (C=O) groups excluding carboxylic acids is 1. The van der Waals surface area contributed by atoms with Gasteiger partial charge in [0.2, 0.25) is 5.91 Å². The average molecular weight is 272 g/mol. The van der Waals surface area contributed by atoms with Crippen LogP contribution < -0.4 is 5.32 Å². The molecule has 0 bridgehead atoms. The summed E-state index contributed by atoms with van der Waals surface area (Å²) in [6.07, 6.45) is 0.930. The Bertz CT molecular complexity index is 413. The lowest BCUT2D eigenvalue weighted by molar-refractivity contribution is -0.120. The number of halogens is 2. The number of hydrogen-bond acceptors (Lipinski definition) is 2. The van der Waals surface area contributed by atoms with Gasteiger partial charge in [-0.1, -0.05) is 17.7 Å². The summed E-state index contributed by atoms with van der Waals surface area (Å²) < 4.78 is 18.7. The number of hydrogen-bond donors (Lipinski definition) is 1. The highest BCUT2D eigenvalue weighted by atomic mass is 35.5. The fourth-order valence-electron chi connectivity index (χ4n) is 1.93. The zero-order chi connectivity index (χ0) is 13.0. The molecule has 0 aromatic heterocycles. The summed E-state index contributed by atoms with van der Waals surface area (Å²) in [7, 11) is 0. The first-order valence-electron chi connectivity index (χ1n) is 5.94. The van der Waals surface area contributed by atoms with Gasteiger partial charge in [0.25, 0.3) is 0 Å². The smallest absolute Gasteiger partial charge is 0.224 e. The van der Waals surface area contributed by atoms with Gasteiger partial charge in [0.15, 0.2) is 0 Å². The van der Waals surface area contributed by atoms with Crippen LogP contribution in [0, 0.1) is 11.7 Å². The van der Waals surface area contributed by atoms with Crippen molar-refractivity contribution in [3.63, 3.8) is 0 Å². The molecule has 2 rings (SSSR count). The predicted molar refractivity (Wildman–Crippen MR) is 67.0 cm³/mol. The van der Waals surface area contributed by atoms with Crippen molar-refractivity contribution >= 4 is 17.5 Å². The first kappa shape index (κ1) is 13.3. The van der Waals surface area contributed by atoms with E-state index in [1.807, 2.05) is 0 Å². The third-order valence-electron chi connectivity index (χ3n) is 3.01. The molecule has 5 heteroatoms. The molecule has 1 saturated heterocycles. The summed E-state index contributed by atoms with van der Waals surface area (Å²) in [5.74, 6) is -0.291. The monoisotopic (exact) mass is 271 g/mol. The van der Waals surface area contributed by atoms with E-state index in [1.165, 1.54) is 12.1 Å². The maximum absolute atomic E-state index is 13.5. The van der Waals surface area contributed by atoms with Crippen molar-refractivity contribution in [2.45, 2.75) is 12.8 Å². The topological polar surface area (TPSA) is 38.3 Å². The molecule has 0 unspecified atom stereocenters. The van der Waals surface area contributed by atoms with Crippen molar-refractivity contribution < 1.29 is 13.9 Å². The summed E-state index contributed by atoms with van der Waals surface area (Å²) in [4.78, 5) is 11.7. The van der Waals surface area contributed by atoms with E-state index in [4.69, 9.17) is 16.3 Å². The molecule has 0 saturated carbocycles. The maximum Gasteiger partial charge on any atom is 0.224 e. The Hall–Kier alpha value is -1.13. The van der Waals surface area contributed by atoms with Crippen LogP contribution in [-0.2, 0) is 16.0 Å². The summed E-state index contributed by atoms with van der Waals surface area (Å²) in [6.45, 7) is 2.01.